The summed E-state index contributed by atoms with van der Waals surface area (Å²) >= 11 is 0. The van der Waals surface area contributed by atoms with Crippen molar-refractivity contribution in [2.75, 3.05) is 0 Å². The molecule has 158 valence electrons. The van der Waals surface area contributed by atoms with Gasteiger partial charge in [-0.1, -0.05) is 146 Å². The standard InChI is InChI=1S/C32H25P/c1-5-13-27(14-6-1)32(28-15-7-2-8-16-28)25-26-21-23-31(24-22-26)33(29-17-9-3-10-18-29)30-19-11-4-12-20-30/h1-25H. The van der Waals surface area contributed by atoms with E-state index in [9.17, 15) is 0 Å². The van der Waals surface area contributed by atoms with Gasteiger partial charge in [0, 0.05) is 0 Å². The molecule has 0 N–H and O–H groups in total. The molecular weight excluding hydrogens is 415 g/mol. The largest absolute Gasteiger partial charge is 0.0622 e. The summed E-state index contributed by atoms with van der Waals surface area (Å²) in [5, 5.41) is 4.10. The quantitative estimate of drug-likeness (QED) is 0.196. The van der Waals surface area contributed by atoms with Crippen LogP contribution in [0, 0.1) is 0 Å². The maximum atomic E-state index is 2.30. The molecule has 5 rings (SSSR count). The Morgan fingerprint density at radius 1 is 0.394 bits per heavy atom. The Bertz CT molecular complexity index is 1230. The molecule has 0 amide bonds. The average molecular weight is 441 g/mol. The normalized spacial score (nSPS) is 10.7. The van der Waals surface area contributed by atoms with Crippen molar-refractivity contribution in [3.8, 4) is 0 Å². The molecule has 0 aliphatic carbocycles. The fourth-order valence-electron chi connectivity index (χ4n) is 4.06. The van der Waals surface area contributed by atoms with E-state index in [0.29, 0.717) is 0 Å². The molecular formula is C32H25P. The monoisotopic (exact) mass is 440 g/mol. The Morgan fingerprint density at radius 3 is 1.18 bits per heavy atom. The topological polar surface area (TPSA) is 0 Å². The first-order valence-corrected chi connectivity index (χ1v) is 12.6. The highest BCUT2D eigenvalue weighted by atomic mass is 31.1. The van der Waals surface area contributed by atoms with E-state index in [4.69, 9.17) is 0 Å². The van der Waals surface area contributed by atoms with Crippen LogP contribution in [0.25, 0.3) is 11.6 Å². The third kappa shape index (κ3) is 5.03. The summed E-state index contributed by atoms with van der Waals surface area (Å²) in [6.07, 6.45) is 2.29. The Balaban J connectivity index is 1.54. The molecule has 0 radical (unpaired) electrons. The SMILES string of the molecule is C(=C(c1ccccc1)c1ccccc1)c1ccc(P(c2ccccc2)c2ccccc2)cc1. The molecule has 1 heteroatoms. The minimum Gasteiger partial charge on any atom is -0.0622 e. The van der Waals surface area contributed by atoms with Crippen molar-refractivity contribution in [1.82, 2.24) is 0 Å². The minimum atomic E-state index is -0.587. The van der Waals surface area contributed by atoms with Crippen LogP contribution in [0.5, 0.6) is 0 Å². The Hall–Kier alpha value is -3.73. The second kappa shape index (κ2) is 10.3. The highest BCUT2D eigenvalue weighted by Gasteiger charge is 2.16. The molecule has 0 spiro atoms. The summed E-state index contributed by atoms with van der Waals surface area (Å²) in [4.78, 5) is 0. The van der Waals surface area contributed by atoms with E-state index in [-0.39, 0.29) is 0 Å². The van der Waals surface area contributed by atoms with Gasteiger partial charge in [-0.15, -0.1) is 0 Å². The fraction of sp³-hybridized carbons (Fsp3) is 0. The van der Waals surface area contributed by atoms with E-state index in [1.807, 2.05) is 0 Å². The van der Waals surface area contributed by atoms with Crippen LogP contribution in [0.3, 0.4) is 0 Å². The van der Waals surface area contributed by atoms with Crippen LogP contribution in [-0.2, 0) is 0 Å². The molecule has 5 aromatic carbocycles. The maximum Gasteiger partial charge on any atom is -0.0105 e. The highest BCUT2D eigenvalue weighted by molar-refractivity contribution is 7.79. The predicted octanol–water partition coefficient (Wildman–Crippen LogP) is 7.03. The van der Waals surface area contributed by atoms with E-state index < -0.39 is 7.92 Å². The van der Waals surface area contributed by atoms with Crippen molar-refractivity contribution in [1.29, 1.82) is 0 Å². The summed E-state index contributed by atoms with van der Waals surface area (Å²) in [5.74, 6) is 0. The lowest BCUT2D eigenvalue weighted by molar-refractivity contribution is 1.55. The summed E-state index contributed by atoms with van der Waals surface area (Å²) < 4.78 is 0. The Kier molecular flexibility index (Phi) is 6.57. The van der Waals surface area contributed by atoms with Gasteiger partial charge in [0.2, 0.25) is 0 Å². The zero-order chi connectivity index (χ0) is 22.3. The fourth-order valence-corrected chi connectivity index (χ4v) is 6.34. The molecule has 5 aromatic rings. The third-order valence-electron chi connectivity index (χ3n) is 5.66. The van der Waals surface area contributed by atoms with E-state index in [0.717, 1.165) is 0 Å². The minimum absolute atomic E-state index is 0.587. The smallest absolute Gasteiger partial charge is 0.0105 e. The van der Waals surface area contributed by atoms with Gasteiger partial charge < -0.3 is 0 Å². The van der Waals surface area contributed by atoms with Crippen molar-refractivity contribution in [2.24, 2.45) is 0 Å². The number of hydrogen-bond acceptors (Lipinski definition) is 0. The van der Waals surface area contributed by atoms with Crippen molar-refractivity contribution < 1.29 is 0 Å². The van der Waals surface area contributed by atoms with Gasteiger partial charge >= 0.3 is 0 Å². The van der Waals surface area contributed by atoms with E-state index in [2.05, 4.69) is 152 Å². The van der Waals surface area contributed by atoms with E-state index >= 15 is 0 Å². The first kappa shape index (κ1) is 21.1. The molecule has 0 heterocycles. The Labute approximate surface area is 197 Å². The van der Waals surface area contributed by atoms with Crippen LogP contribution < -0.4 is 15.9 Å². The van der Waals surface area contributed by atoms with Crippen molar-refractivity contribution >= 4 is 35.5 Å². The van der Waals surface area contributed by atoms with Crippen LogP contribution in [0.4, 0.5) is 0 Å². The van der Waals surface area contributed by atoms with Gasteiger partial charge in [-0.3, -0.25) is 0 Å². The van der Waals surface area contributed by atoms with Crippen LogP contribution in [0.2, 0.25) is 0 Å². The molecule has 0 atom stereocenters. The molecule has 0 aromatic heterocycles. The maximum absolute atomic E-state index is 2.30. The van der Waals surface area contributed by atoms with Gasteiger partial charge in [0.25, 0.3) is 0 Å². The molecule has 0 bridgehead atoms. The first-order chi connectivity index (χ1) is 16.4. The molecule has 0 unspecified atom stereocenters. The lowest BCUT2D eigenvalue weighted by atomic mass is 9.96. The molecule has 0 aliphatic heterocycles. The second-order valence-electron chi connectivity index (χ2n) is 7.89. The molecule has 33 heavy (non-hydrogen) atoms. The van der Waals surface area contributed by atoms with Gasteiger partial charge in [-0.25, -0.2) is 0 Å². The lowest BCUT2D eigenvalue weighted by Crippen LogP contribution is -2.20. The lowest BCUT2D eigenvalue weighted by Gasteiger charge is -2.19. The highest BCUT2D eigenvalue weighted by Crippen LogP contribution is 2.33. The molecule has 0 saturated carbocycles. The number of hydrogen-bond donors (Lipinski definition) is 0. The zero-order valence-electron chi connectivity index (χ0n) is 18.4. The van der Waals surface area contributed by atoms with Crippen LogP contribution in [0.15, 0.2) is 146 Å². The summed E-state index contributed by atoms with van der Waals surface area (Å²) in [7, 11) is -0.587. The van der Waals surface area contributed by atoms with Crippen LogP contribution in [0.1, 0.15) is 16.7 Å². The first-order valence-electron chi connectivity index (χ1n) is 11.2. The van der Waals surface area contributed by atoms with Crippen molar-refractivity contribution in [3.63, 3.8) is 0 Å². The molecule has 0 nitrogen and oxygen atoms in total. The van der Waals surface area contributed by atoms with Crippen LogP contribution in [-0.4, -0.2) is 0 Å². The molecule has 0 saturated heterocycles. The number of benzene rings is 5. The zero-order valence-corrected chi connectivity index (χ0v) is 19.3. The molecule has 0 fully saturated rings. The Morgan fingerprint density at radius 2 is 0.758 bits per heavy atom. The van der Waals surface area contributed by atoms with Gasteiger partial charge in [-0.2, -0.15) is 0 Å². The molecule has 0 aliphatic rings. The van der Waals surface area contributed by atoms with Gasteiger partial charge in [0.15, 0.2) is 0 Å². The van der Waals surface area contributed by atoms with Crippen molar-refractivity contribution in [3.05, 3.63) is 162 Å². The van der Waals surface area contributed by atoms with Gasteiger partial charge in [0.05, 0.1) is 0 Å². The van der Waals surface area contributed by atoms with Gasteiger partial charge in [-0.05, 0) is 52.2 Å². The summed E-state index contributed by atoms with van der Waals surface area (Å²) in [6, 6.07) is 52.0. The van der Waals surface area contributed by atoms with E-state index in [1.54, 1.807) is 0 Å². The predicted molar refractivity (Wildman–Crippen MR) is 145 cm³/mol. The third-order valence-corrected chi connectivity index (χ3v) is 8.10. The van der Waals surface area contributed by atoms with E-state index in [1.165, 1.54) is 38.2 Å². The van der Waals surface area contributed by atoms with Crippen molar-refractivity contribution in [2.45, 2.75) is 0 Å². The van der Waals surface area contributed by atoms with Crippen LogP contribution >= 0.6 is 7.92 Å². The summed E-state index contributed by atoms with van der Waals surface area (Å²) in [5.41, 5.74) is 4.89. The number of rotatable bonds is 6. The van der Waals surface area contributed by atoms with Gasteiger partial charge in [0.1, 0.15) is 0 Å². The second-order valence-corrected chi connectivity index (χ2v) is 10.1. The average Bonchev–Trinajstić information content (AvgIpc) is 2.91. The summed E-state index contributed by atoms with van der Waals surface area (Å²) in [6.45, 7) is 0.